The van der Waals surface area contributed by atoms with Crippen molar-refractivity contribution in [1.82, 2.24) is 9.47 Å². The van der Waals surface area contributed by atoms with Crippen LogP contribution < -0.4 is 5.56 Å². The lowest BCUT2D eigenvalue weighted by Crippen LogP contribution is -2.43. The van der Waals surface area contributed by atoms with E-state index in [1.165, 1.54) is 22.9 Å². The Hall–Kier alpha value is -2.66. The molecule has 0 N–H and O–H groups in total. The highest BCUT2D eigenvalue weighted by molar-refractivity contribution is 7.17. The summed E-state index contributed by atoms with van der Waals surface area (Å²) in [7, 11) is 0. The van der Waals surface area contributed by atoms with Crippen molar-refractivity contribution in [3.05, 3.63) is 69.5 Å². The number of allylic oxidation sites excluding steroid dienone is 2. The molecule has 2 fully saturated rings. The quantitative estimate of drug-likeness (QED) is 0.504. The number of hydrogen-bond acceptors (Lipinski definition) is 3. The van der Waals surface area contributed by atoms with Crippen LogP contribution in [0.2, 0.25) is 0 Å². The lowest BCUT2D eigenvalue weighted by Gasteiger charge is -2.34. The molecule has 2 bridgehead atoms. The monoisotopic (exact) mass is 456 g/mol. The van der Waals surface area contributed by atoms with Crippen LogP contribution in [-0.4, -0.2) is 21.9 Å². The number of amides is 1. The van der Waals surface area contributed by atoms with Crippen molar-refractivity contribution in [2.75, 3.05) is 6.54 Å². The third-order valence-corrected chi connectivity index (χ3v) is 9.25. The van der Waals surface area contributed by atoms with E-state index in [2.05, 4.69) is 51.3 Å². The lowest BCUT2D eigenvalue weighted by atomic mass is 9.91. The van der Waals surface area contributed by atoms with Crippen LogP contribution in [0.1, 0.15) is 36.9 Å². The van der Waals surface area contributed by atoms with Gasteiger partial charge in [0.2, 0.25) is 5.91 Å². The van der Waals surface area contributed by atoms with Gasteiger partial charge in [-0.15, -0.1) is 11.3 Å². The molecule has 3 aliphatic carbocycles. The molecular formula is C28H28N2O2S. The molecule has 1 aromatic carbocycles. The van der Waals surface area contributed by atoms with E-state index < -0.39 is 0 Å². The predicted octanol–water partition coefficient (Wildman–Crippen LogP) is 5.24. The van der Waals surface area contributed by atoms with Crippen molar-refractivity contribution >= 4 is 27.3 Å². The fourth-order valence-electron chi connectivity index (χ4n) is 6.36. The number of fused-ring (bicyclic) bond motifs is 4. The molecule has 0 saturated heterocycles. The van der Waals surface area contributed by atoms with E-state index in [9.17, 15) is 9.59 Å². The van der Waals surface area contributed by atoms with E-state index in [0.717, 1.165) is 54.7 Å². The molecule has 33 heavy (non-hydrogen) atoms. The zero-order chi connectivity index (χ0) is 22.1. The molecule has 5 heteroatoms. The summed E-state index contributed by atoms with van der Waals surface area (Å²) < 4.78 is 3.24. The van der Waals surface area contributed by atoms with Gasteiger partial charge in [-0.1, -0.05) is 30.4 Å². The second-order valence-corrected chi connectivity index (χ2v) is 11.3. The molecule has 2 saturated carbocycles. The van der Waals surface area contributed by atoms with Gasteiger partial charge in [0.15, 0.2) is 0 Å². The number of thiophene rings is 1. The van der Waals surface area contributed by atoms with Crippen LogP contribution in [0.5, 0.6) is 0 Å². The minimum Gasteiger partial charge on any atom is -0.338 e. The fourth-order valence-corrected chi connectivity index (χ4v) is 7.28. The van der Waals surface area contributed by atoms with E-state index >= 15 is 0 Å². The molecule has 0 unspecified atom stereocenters. The molecule has 0 radical (unpaired) electrons. The van der Waals surface area contributed by atoms with Gasteiger partial charge in [-0.3, -0.25) is 9.59 Å². The summed E-state index contributed by atoms with van der Waals surface area (Å²) in [6.07, 6.45) is 9.94. The Morgan fingerprint density at radius 1 is 1.09 bits per heavy atom. The minimum atomic E-state index is 0.138. The Morgan fingerprint density at radius 3 is 2.79 bits per heavy atom. The molecule has 168 valence electrons. The van der Waals surface area contributed by atoms with Gasteiger partial charge in [-0.2, -0.15) is 0 Å². The number of hydrogen-bond donors (Lipinski definition) is 0. The molecule has 1 amide bonds. The molecule has 4 nitrogen and oxygen atoms in total. The highest BCUT2D eigenvalue weighted by Gasteiger charge is 2.42. The molecule has 1 aliphatic heterocycles. The van der Waals surface area contributed by atoms with Crippen molar-refractivity contribution in [1.29, 1.82) is 0 Å². The maximum atomic E-state index is 13.8. The van der Waals surface area contributed by atoms with Gasteiger partial charge in [0.25, 0.3) is 5.56 Å². The van der Waals surface area contributed by atoms with E-state index in [1.807, 2.05) is 6.07 Å². The highest BCUT2D eigenvalue weighted by atomic mass is 32.1. The van der Waals surface area contributed by atoms with Crippen molar-refractivity contribution in [3.63, 3.8) is 0 Å². The maximum Gasteiger partial charge on any atom is 0.258 e. The molecule has 7 rings (SSSR count). The SMILES string of the molecule is O=C([C@@H]1C[C@@H]2C=C[C@H]1C2)N1CCc2c(cc(-c3cccc4ccsc34)c(=O)n2CC2CC2)C1. The van der Waals surface area contributed by atoms with Gasteiger partial charge in [0.1, 0.15) is 0 Å². The molecule has 2 aromatic heterocycles. The number of benzene rings is 1. The van der Waals surface area contributed by atoms with Gasteiger partial charge < -0.3 is 9.47 Å². The molecule has 3 aromatic rings. The van der Waals surface area contributed by atoms with E-state index in [4.69, 9.17) is 0 Å². The fraction of sp³-hybridized carbons (Fsp3) is 0.429. The zero-order valence-electron chi connectivity index (χ0n) is 18.7. The third kappa shape index (κ3) is 3.23. The lowest BCUT2D eigenvalue weighted by molar-refractivity contribution is -0.137. The number of pyridine rings is 1. The van der Waals surface area contributed by atoms with Gasteiger partial charge in [0.05, 0.1) is 0 Å². The van der Waals surface area contributed by atoms with Crippen molar-refractivity contribution in [2.45, 2.75) is 45.2 Å². The van der Waals surface area contributed by atoms with Crippen LogP contribution in [0, 0.1) is 23.7 Å². The Labute approximate surface area is 197 Å². The number of carbonyl (C=O) groups excluding carboxylic acids is 1. The van der Waals surface area contributed by atoms with Gasteiger partial charge in [0, 0.05) is 53.5 Å². The number of carbonyl (C=O) groups is 1. The Bertz CT molecular complexity index is 1360. The first-order valence-electron chi connectivity index (χ1n) is 12.3. The summed E-state index contributed by atoms with van der Waals surface area (Å²) in [5.41, 5.74) is 4.28. The summed E-state index contributed by atoms with van der Waals surface area (Å²) in [6.45, 7) is 2.18. The van der Waals surface area contributed by atoms with E-state index in [0.29, 0.717) is 30.2 Å². The topological polar surface area (TPSA) is 42.3 Å². The molecule has 3 atom stereocenters. The third-order valence-electron chi connectivity index (χ3n) is 8.28. The predicted molar refractivity (Wildman–Crippen MR) is 132 cm³/mol. The molecule has 0 spiro atoms. The first kappa shape index (κ1) is 19.8. The van der Waals surface area contributed by atoms with Crippen LogP contribution in [-0.2, 0) is 24.3 Å². The Morgan fingerprint density at radius 2 is 2.00 bits per heavy atom. The van der Waals surface area contributed by atoms with Crippen molar-refractivity contribution in [3.8, 4) is 11.1 Å². The van der Waals surface area contributed by atoms with Crippen LogP contribution >= 0.6 is 11.3 Å². The Balaban J connectivity index is 1.30. The maximum absolute atomic E-state index is 13.8. The first-order valence-corrected chi connectivity index (χ1v) is 13.2. The Kier molecular flexibility index (Phi) is 4.45. The second kappa shape index (κ2) is 7.42. The summed E-state index contributed by atoms with van der Waals surface area (Å²) in [4.78, 5) is 29.3. The first-order chi connectivity index (χ1) is 16.2. The van der Waals surface area contributed by atoms with Gasteiger partial charge >= 0.3 is 0 Å². The van der Waals surface area contributed by atoms with Crippen LogP contribution in [0.4, 0.5) is 0 Å². The normalized spacial score (nSPS) is 25.7. The average Bonchev–Trinajstić information content (AvgIpc) is 3.21. The number of aromatic nitrogens is 1. The molecule has 3 heterocycles. The molecular weight excluding hydrogens is 428 g/mol. The van der Waals surface area contributed by atoms with Crippen LogP contribution in [0.25, 0.3) is 21.2 Å². The van der Waals surface area contributed by atoms with Gasteiger partial charge in [-0.05, 0) is 71.9 Å². The highest BCUT2D eigenvalue weighted by Crippen LogP contribution is 2.44. The van der Waals surface area contributed by atoms with E-state index in [1.54, 1.807) is 11.3 Å². The average molecular weight is 457 g/mol. The van der Waals surface area contributed by atoms with Crippen molar-refractivity contribution in [2.24, 2.45) is 23.7 Å². The second-order valence-electron chi connectivity index (χ2n) is 10.4. The standard InChI is InChI=1S/C28H28N2O2S/c31-27(23-13-18-6-7-20(23)12-18)29-10-8-25-21(16-29)14-24(28(32)30(25)15-17-4-5-17)22-3-1-2-19-9-11-33-26(19)22/h1-3,6-7,9,11,14,17-18,20,23H,4-5,8,10,12-13,15-16H2/t18-,20+,23-/m1/s1. The number of nitrogens with zero attached hydrogens (tertiary/aromatic N) is 2. The summed E-state index contributed by atoms with van der Waals surface area (Å²) >= 11 is 1.70. The number of rotatable bonds is 4. The summed E-state index contributed by atoms with van der Waals surface area (Å²) in [5.74, 6) is 2.13. The molecule has 4 aliphatic rings. The summed E-state index contributed by atoms with van der Waals surface area (Å²) in [5, 5.41) is 3.28. The van der Waals surface area contributed by atoms with Crippen LogP contribution in [0.3, 0.4) is 0 Å². The minimum absolute atomic E-state index is 0.138. The van der Waals surface area contributed by atoms with Gasteiger partial charge in [-0.25, -0.2) is 0 Å². The smallest absolute Gasteiger partial charge is 0.258 e. The zero-order valence-corrected chi connectivity index (χ0v) is 19.5. The largest absolute Gasteiger partial charge is 0.338 e. The van der Waals surface area contributed by atoms with Crippen molar-refractivity contribution < 1.29 is 4.79 Å². The van der Waals surface area contributed by atoms with E-state index in [-0.39, 0.29) is 11.5 Å². The summed E-state index contributed by atoms with van der Waals surface area (Å²) in [6, 6.07) is 10.5. The van der Waals surface area contributed by atoms with Crippen LogP contribution in [0.15, 0.2) is 52.7 Å².